The van der Waals surface area contributed by atoms with E-state index in [-0.39, 0.29) is 0 Å². The summed E-state index contributed by atoms with van der Waals surface area (Å²) in [4.78, 5) is 2.57. The van der Waals surface area contributed by atoms with Crippen LogP contribution in [0.25, 0.3) is 0 Å². The number of piperidine rings is 1. The van der Waals surface area contributed by atoms with Gasteiger partial charge in [-0.3, -0.25) is 0 Å². The zero-order valence-corrected chi connectivity index (χ0v) is 13.0. The zero-order chi connectivity index (χ0) is 13.0. The minimum absolute atomic E-state index is 0.551. The molecule has 0 bridgehead atoms. The van der Waals surface area contributed by atoms with Crippen molar-refractivity contribution in [3.63, 3.8) is 0 Å². The maximum atomic E-state index is 3.48. The molecule has 1 aliphatic rings. The third-order valence-corrected chi connectivity index (χ3v) is 4.34. The lowest BCUT2D eigenvalue weighted by atomic mass is 9.83. The van der Waals surface area contributed by atoms with Crippen molar-refractivity contribution in [1.82, 2.24) is 4.90 Å². The topological polar surface area (TPSA) is 15.3 Å². The van der Waals surface area contributed by atoms with Gasteiger partial charge < -0.3 is 10.2 Å². The van der Waals surface area contributed by atoms with Gasteiger partial charge in [0.1, 0.15) is 0 Å². The lowest BCUT2D eigenvalue weighted by molar-refractivity contribution is 0.137. The fraction of sp³-hybridized carbons (Fsp3) is 0.600. The molecule has 2 nitrogen and oxygen atoms in total. The number of likely N-dealkylation sites (tertiary alicyclic amines) is 1. The first-order valence-electron chi connectivity index (χ1n) is 6.77. The monoisotopic (exact) mass is 310 g/mol. The highest BCUT2D eigenvalue weighted by atomic mass is 79.9. The molecule has 0 aliphatic carbocycles. The van der Waals surface area contributed by atoms with E-state index >= 15 is 0 Å². The lowest BCUT2D eigenvalue weighted by Crippen LogP contribution is -2.39. The molecule has 1 aromatic rings. The maximum Gasteiger partial charge on any atom is 0.0341 e. The summed E-state index contributed by atoms with van der Waals surface area (Å²) >= 11 is 3.45. The highest BCUT2D eigenvalue weighted by Crippen LogP contribution is 2.29. The molecule has 0 aromatic heterocycles. The second kappa shape index (κ2) is 6.07. The summed E-state index contributed by atoms with van der Waals surface area (Å²) < 4.78 is 1.13. The molecule has 0 spiro atoms. The molecule has 0 atom stereocenters. The van der Waals surface area contributed by atoms with Gasteiger partial charge in [-0.2, -0.15) is 0 Å². The fourth-order valence-electron chi connectivity index (χ4n) is 2.31. The first-order valence-corrected chi connectivity index (χ1v) is 7.56. The SMILES string of the molecule is CC1(C)CCN(CCNc2ccc(Br)cc2)CC1. The van der Waals surface area contributed by atoms with E-state index in [2.05, 4.69) is 64.3 Å². The summed E-state index contributed by atoms with van der Waals surface area (Å²) in [6, 6.07) is 8.38. The third kappa shape index (κ3) is 4.29. The fourth-order valence-corrected chi connectivity index (χ4v) is 2.57. The van der Waals surface area contributed by atoms with Crippen LogP contribution in [0, 0.1) is 5.41 Å². The largest absolute Gasteiger partial charge is 0.384 e. The van der Waals surface area contributed by atoms with Gasteiger partial charge in [0.2, 0.25) is 0 Å². The molecule has 1 aromatic carbocycles. The van der Waals surface area contributed by atoms with Crippen molar-refractivity contribution in [2.24, 2.45) is 5.41 Å². The predicted octanol–water partition coefficient (Wildman–Crippen LogP) is 3.98. The van der Waals surface area contributed by atoms with E-state index in [1.54, 1.807) is 0 Å². The highest BCUT2D eigenvalue weighted by molar-refractivity contribution is 9.10. The maximum absolute atomic E-state index is 3.48. The number of anilines is 1. The van der Waals surface area contributed by atoms with Crippen LogP contribution >= 0.6 is 15.9 Å². The first kappa shape index (κ1) is 13.9. The number of rotatable bonds is 4. The van der Waals surface area contributed by atoms with Gasteiger partial charge in [0.25, 0.3) is 0 Å². The van der Waals surface area contributed by atoms with E-state index in [0.717, 1.165) is 17.6 Å². The van der Waals surface area contributed by atoms with Crippen molar-refractivity contribution in [3.05, 3.63) is 28.7 Å². The van der Waals surface area contributed by atoms with Crippen molar-refractivity contribution in [2.75, 3.05) is 31.5 Å². The molecule has 1 heterocycles. The van der Waals surface area contributed by atoms with Crippen molar-refractivity contribution in [2.45, 2.75) is 26.7 Å². The minimum atomic E-state index is 0.551. The smallest absolute Gasteiger partial charge is 0.0341 e. The molecule has 0 saturated carbocycles. The minimum Gasteiger partial charge on any atom is -0.384 e. The Hall–Kier alpha value is -0.540. The number of benzene rings is 1. The Balaban J connectivity index is 1.68. The average molecular weight is 311 g/mol. The average Bonchev–Trinajstić information content (AvgIpc) is 2.34. The molecule has 18 heavy (non-hydrogen) atoms. The van der Waals surface area contributed by atoms with Crippen molar-refractivity contribution < 1.29 is 0 Å². The summed E-state index contributed by atoms with van der Waals surface area (Å²) in [7, 11) is 0. The van der Waals surface area contributed by atoms with Crippen molar-refractivity contribution in [3.8, 4) is 0 Å². The summed E-state index contributed by atoms with van der Waals surface area (Å²) in [6.45, 7) is 9.42. The van der Waals surface area contributed by atoms with Gasteiger partial charge in [-0.15, -0.1) is 0 Å². The summed E-state index contributed by atoms with van der Waals surface area (Å²) in [5.74, 6) is 0. The number of nitrogens with zero attached hydrogens (tertiary/aromatic N) is 1. The summed E-state index contributed by atoms with van der Waals surface area (Å²) in [5.41, 5.74) is 1.76. The first-order chi connectivity index (χ1) is 8.55. The second-order valence-corrected chi connectivity index (χ2v) is 6.86. The molecular weight excluding hydrogens is 288 g/mol. The Bertz CT molecular complexity index is 363. The van der Waals surface area contributed by atoms with E-state index in [9.17, 15) is 0 Å². The van der Waals surface area contributed by atoms with Crippen LogP contribution in [0.2, 0.25) is 0 Å². The van der Waals surface area contributed by atoms with E-state index in [1.165, 1.54) is 31.6 Å². The Labute approximate surface area is 119 Å². The van der Waals surface area contributed by atoms with E-state index in [4.69, 9.17) is 0 Å². The van der Waals surface area contributed by atoms with Gasteiger partial charge in [0.05, 0.1) is 0 Å². The Morgan fingerprint density at radius 3 is 2.39 bits per heavy atom. The molecule has 1 fully saturated rings. The van der Waals surface area contributed by atoms with Gasteiger partial charge >= 0.3 is 0 Å². The van der Waals surface area contributed by atoms with Crippen LogP contribution < -0.4 is 5.32 Å². The quantitative estimate of drug-likeness (QED) is 0.905. The third-order valence-electron chi connectivity index (χ3n) is 3.81. The molecule has 2 rings (SSSR count). The normalized spacial score (nSPS) is 19.7. The van der Waals surface area contributed by atoms with Crippen LogP contribution in [0.3, 0.4) is 0 Å². The number of hydrogen-bond acceptors (Lipinski definition) is 2. The summed E-state index contributed by atoms with van der Waals surface area (Å²) in [5, 5.41) is 3.48. The van der Waals surface area contributed by atoms with Crippen LogP contribution in [-0.2, 0) is 0 Å². The van der Waals surface area contributed by atoms with Crippen LogP contribution in [0.5, 0.6) is 0 Å². The number of halogens is 1. The molecule has 0 unspecified atom stereocenters. The van der Waals surface area contributed by atoms with Crippen molar-refractivity contribution in [1.29, 1.82) is 0 Å². The molecule has 1 aliphatic heterocycles. The highest BCUT2D eigenvalue weighted by Gasteiger charge is 2.24. The van der Waals surface area contributed by atoms with Crippen LogP contribution in [0.4, 0.5) is 5.69 Å². The van der Waals surface area contributed by atoms with E-state index < -0.39 is 0 Å². The molecule has 3 heteroatoms. The summed E-state index contributed by atoms with van der Waals surface area (Å²) in [6.07, 6.45) is 2.65. The van der Waals surface area contributed by atoms with Gasteiger partial charge in [0.15, 0.2) is 0 Å². The van der Waals surface area contributed by atoms with Crippen LogP contribution in [0.1, 0.15) is 26.7 Å². The Morgan fingerprint density at radius 2 is 1.78 bits per heavy atom. The standard InChI is InChI=1S/C15H23BrN2/c1-15(2)7-10-18(11-8-15)12-9-17-14-5-3-13(16)4-6-14/h3-6,17H,7-12H2,1-2H3. The molecule has 1 N–H and O–H groups in total. The zero-order valence-electron chi connectivity index (χ0n) is 11.4. The molecule has 100 valence electrons. The van der Waals surface area contributed by atoms with Gasteiger partial charge in [-0.25, -0.2) is 0 Å². The second-order valence-electron chi connectivity index (χ2n) is 5.94. The number of hydrogen-bond donors (Lipinski definition) is 1. The van der Waals surface area contributed by atoms with Crippen molar-refractivity contribution >= 4 is 21.6 Å². The predicted molar refractivity (Wildman–Crippen MR) is 82.1 cm³/mol. The number of nitrogens with one attached hydrogen (secondary N) is 1. The van der Waals surface area contributed by atoms with Crippen LogP contribution in [0.15, 0.2) is 28.7 Å². The molecular formula is C15H23BrN2. The molecule has 0 radical (unpaired) electrons. The Morgan fingerprint density at radius 1 is 1.17 bits per heavy atom. The van der Waals surface area contributed by atoms with Gasteiger partial charge in [0, 0.05) is 23.2 Å². The van der Waals surface area contributed by atoms with E-state index in [0.29, 0.717) is 5.41 Å². The van der Waals surface area contributed by atoms with Gasteiger partial charge in [-0.05, 0) is 55.6 Å². The van der Waals surface area contributed by atoms with E-state index in [1.807, 2.05) is 0 Å². The lowest BCUT2D eigenvalue weighted by Gasteiger charge is -2.36. The molecule has 1 saturated heterocycles. The Kier molecular flexibility index (Phi) is 4.68. The van der Waals surface area contributed by atoms with Crippen LogP contribution in [-0.4, -0.2) is 31.1 Å². The van der Waals surface area contributed by atoms with Gasteiger partial charge in [-0.1, -0.05) is 29.8 Å². The molecule has 0 amide bonds.